The number of ether oxygens (including phenoxy) is 2. The normalized spacial score (nSPS) is 11.6. The third-order valence-electron chi connectivity index (χ3n) is 2.37. The highest BCUT2D eigenvalue weighted by atomic mass is 16.7. The van der Waals surface area contributed by atoms with Gasteiger partial charge >= 0.3 is 0 Å². The molecule has 0 saturated heterocycles. The lowest BCUT2D eigenvalue weighted by atomic mass is 10.1. The molecule has 0 aliphatic carbocycles. The van der Waals surface area contributed by atoms with Crippen molar-refractivity contribution in [3.05, 3.63) is 35.9 Å². The maximum absolute atomic E-state index is 5.40. The first kappa shape index (κ1) is 12.8. The molecule has 0 amide bonds. The maximum atomic E-state index is 5.40. The quantitative estimate of drug-likeness (QED) is 0.677. The molecule has 16 heavy (non-hydrogen) atoms. The number of hydrogen-bond donors (Lipinski definition) is 0. The molecular weight excluding hydrogens is 200 g/mol. The predicted octanol–water partition coefficient (Wildman–Crippen LogP) is 3.87. The summed E-state index contributed by atoms with van der Waals surface area (Å²) in [5.74, 6) is 0.851. The summed E-state index contributed by atoms with van der Waals surface area (Å²) < 4.78 is 10.3. The van der Waals surface area contributed by atoms with Crippen LogP contribution in [-0.2, 0) is 4.74 Å². The van der Waals surface area contributed by atoms with Crippen LogP contribution in [-0.4, -0.2) is 13.9 Å². The SMILES string of the molecule is CCC/C=C(\C)c1cccc(OCOC)c1. The van der Waals surface area contributed by atoms with Crippen molar-refractivity contribution >= 4 is 5.57 Å². The van der Waals surface area contributed by atoms with Gasteiger partial charge in [0.2, 0.25) is 0 Å². The second-order valence-corrected chi connectivity index (χ2v) is 3.75. The van der Waals surface area contributed by atoms with Crippen molar-refractivity contribution in [3.8, 4) is 5.75 Å². The topological polar surface area (TPSA) is 18.5 Å². The molecule has 0 heterocycles. The zero-order valence-corrected chi connectivity index (χ0v) is 10.3. The van der Waals surface area contributed by atoms with E-state index in [1.807, 2.05) is 18.2 Å². The first-order valence-corrected chi connectivity index (χ1v) is 5.67. The van der Waals surface area contributed by atoms with E-state index in [0.29, 0.717) is 6.79 Å². The van der Waals surface area contributed by atoms with Gasteiger partial charge in [0.1, 0.15) is 5.75 Å². The fourth-order valence-corrected chi connectivity index (χ4v) is 1.44. The lowest BCUT2D eigenvalue weighted by Gasteiger charge is -2.07. The van der Waals surface area contributed by atoms with E-state index in [1.54, 1.807) is 7.11 Å². The standard InChI is InChI=1S/C14H20O2/c1-4-5-7-12(2)13-8-6-9-14(10-13)16-11-15-3/h6-10H,4-5,11H2,1-3H3/b12-7+. The molecule has 1 rings (SSSR count). The van der Waals surface area contributed by atoms with Crippen molar-refractivity contribution < 1.29 is 9.47 Å². The van der Waals surface area contributed by atoms with Gasteiger partial charge in [-0.25, -0.2) is 0 Å². The van der Waals surface area contributed by atoms with E-state index in [9.17, 15) is 0 Å². The summed E-state index contributed by atoms with van der Waals surface area (Å²) in [6.07, 6.45) is 4.56. The summed E-state index contributed by atoms with van der Waals surface area (Å²) >= 11 is 0. The fourth-order valence-electron chi connectivity index (χ4n) is 1.44. The number of allylic oxidation sites excluding steroid dienone is 2. The number of unbranched alkanes of at least 4 members (excludes halogenated alkanes) is 1. The number of methoxy groups -OCH3 is 1. The van der Waals surface area contributed by atoms with Gasteiger partial charge in [0.05, 0.1) is 0 Å². The molecule has 0 unspecified atom stereocenters. The van der Waals surface area contributed by atoms with Crippen molar-refractivity contribution in [2.24, 2.45) is 0 Å². The Morgan fingerprint density at radius 3 is 2.88 bits per heavy atom. The van der Waals surface area contributed by atoms with Gasteiger partial charge in [-0.05, 0) is 36.6 Å². The molecule has 0 bridgehead atoms. The Bertz CT molecular complexity index is 342. The van der Waals surface area contributed by atoms with Crippen molar-refractivity contribution in [1.29, 1.82) is 0 Å². The summed E-state index contributed by atoms with van der Waals surface area (Å²) in [6.45, 7) is 4.61. The van der Waals surface area contributed by atoms with Crippen LogP contribution in [0.5, 0.6) is 5.75 Å². The number of rotatable bonds is 6. The lowest BCUT2D eigenvalue weighted by Crippen LogP contribution is -1.98. The zero-order valence-electron chi connectivity index (χ0n) is 10.3. The van der Waals surface area contributed by atoms with Crippen LogP contribution in [0.25, 0.3) is 5.57 Å². The van der Waals surface area contributed by atoms with E-state index >= 15 is 0 Å². The largest absolute Gasteiger partial charge is 0.468 e. The van der Waals surface area contributed by atoms with E-state index in [-0.39, 0.29) is 0 Å². The van der Waals surface area contributed by atoms with Crippen molar-refractivity contribution in [3.63, 3.8) is 0 Å². The summed E-state index contributed by atoms with van der Waals surface area (Å²) in [7, 11) is 1.62. The Hall–Kier alpha value is -1.28. The smallest absolute Gasteiger partial charge is 0.188 e. The van der Waals surface area contributed by atoms with Gasteiger partial charge in [-0.1, -0.05) is 31.6 Å². The minimum atomic E-state index is 0.293. The molecule has 0 atom stereocenters. The third kappa shape index (κ3) is 4.07. The highest BCUT2D eigenvalue weighted by molar-refractivity contribution is 5.64. The summed E-state index contributed by atoms with van der Waals surface area (Å²) in [6, 6.07) is 8.08. The van der Waals surface area contributed by atoms with Crippen LogP contribution in [0.15, 0.2) is 30.3 Å². The van der Waals surface area contributed by atoms with Crippen LogP contribution in [0.4, 0.5) is 0 Å². The van der Waals surface area contributed by atoms with E-state index in [0.717, 1.165) is 12.2 Å². The van der Waals surface area contributed by atoms with E-state index in [2.05, 4.69) is 26.0 Å². The van der Waals surface area contributed by atoms with Crippen LogP contribution in [0.2, 0.25) is 0 Å². The average Bonchev–Trinajstić information content (AvgIpc) is 2.33. The Morgan fingerprint density at radius 2 is 2.19 bits per heavy atom. The highest BCUT2D eigenvalue weighted by Gasteiger charge is 1.98. The molecule has 0 aromatic heterocycles. The van der Waals surface area contributed by atoms with Gasteiger partial charge < -0.3 is 9.47 Å². The minimum Gasteiger partial charge on any atom is -0.468 e. The fraction of sp³-hybridized carbons (Fsp3) is 0.429. The monoisotopic (exact) mass is 220 g/mol. The minimum absolute atomic E-state index is 0.293. The molecule has 0 fully saturated rings. The summed E-state index contributed by atoms with van der Waals surface area (Å²) in [4.78, 5) is 0. The molecule has 2 heteroatoms. The second kappa shape index (κ2) is 7.07. The lowest BCUT2D eigenvalue weighted by molar-refractivity contribution is 0.0511. The van der Waals surface area contributed by atoms with Crippen molar-refractivity contribution in [2.45, 2.75) is 26.7 Å². The van der Waals surface area contributed by atoms with Gasteiger partial charge in [-0.15, -0.1) is 0 Å². The maximum Gasteiger partial charge on any atom is 0.188 e. The molecule has 2 nitrogen and oxygen atoms in total. The molecule has 0 radical (unpaired) electrons. The number of hydrogen-bond acceptors (Lipinski definition) is 2. The molecule has 0 aliphatic heterocycles. The van der Waals surface area contributed by atoms with Gasteiger partial charge in [-0.3, -0.25) is 0 Å². The van der Waals surface area contributed by atoms with Gasteiger partial charge in [-0.2, -0.15) is 0 Å². The Kier molecular flexibility index (Phi) is 5.65. The molecule has 88 valence electrons. The molecule has 0 N–H and O–H groups in total. The third-order valence-corrected chi connectivity index (χ3v) is 2.37. The Morgan fingerprint density at radius 1 is 1.38 bits per heavy atom. The second-order valence-electron chi connectivity index (χ2n) is 3.75. The summed E-state index contributed by atoms with van der Waals surface area (Å²) in [5.41, 5.74) is 2.51. The molecule has 1 aromatic rings. The van der Waals surface area contributed by atoms with Crippen LogP contribution in [0, 0.1) is 0 Å². The average molecular weight is 220 g/mol. The van der Waals surface area contributed by atoms with E-state index < -0.39 is 0 Å². The van der Waals surface area contributed by atoms with Gasteiger partial charge in [0.15, 0.2) is 6.79 Å². The Balaban J connectivity index is 2.73. The highest BCUT2D eigenvalue weighted by Crippen LogP contribution is 2.20. The zero-order chi connectivity index (χ0) is 11.8. The van der Waals surface area contributed by atoms with Crippen molar-refractivity contribution in [2.75, 3.05) is 13.9 Å². The molecule has 0 saturated carbocycles. The Labute approximate surface area is 97.9 Å². The van der Waals surface area contributed by atoms with Crippen LogP contribution < -0.4 is 4.74 Å². The van der Waals surface area contributed by atoms with Crippen LogP contribution in [0.1, 0.15) is 32.3 Å². The van der Waals surface area contributed by atoms with Gasteiger partial charge in [0, 0.05) is 7.11 Å². The first-order valence-electron chi connectivity index (χ1n) is 5.67. The van der Waals surface area contributed by atoms with E-state index in [4.69, 9.17) is 9.47 Å². The summed E-state index contributed by atoms with van der Waals surface area (Å²) in [5, 5.41) is 0. The predicted molar refractivity (Wildman–Crippen MR) is 67.5 cm³/mol. The van der Waals surface area contributed by atoms with Gasteiger partial charge in [0.25, 0.3) is 0 Å². The molecule has 1 aromatic carbocycles. The molecule has 0 spiro atoms. The first-order chi connectivity index (χ1) is 7.77. The molecule has 0 aliphatic rings. The molecular formula is C14H20O2. The number of benzene rings is 1. The van der Waals surface area contributed by atoms with Crippen LogP contribution in [0.3, 0.4) is 0 Å². The van der Waals surface area contributed by atoms with Crippen LogP contribution >= 0.6 is 0 Å². The van der Waals surface area contributed by atoms with Crippen molar-refractivity contribution in [1.82, 2.24) is 0 Å². The van der Waals surface area contributed by atoms with E-state index in [1.165, 1.54) is 17.6 Å².